The molecule has 82 valence electrons. The molecule has 1 fully saturated rings. The maximum absolute atomic E-state index is 11.8. The summed E-state index contributed by atoms with van der Waals surface area (Å²) in [7, 11) is 0. The van der Waals surface area contributed by atoms with Crippen LogP contribution < -0.4 is 0 Å². The van der Waals surface area contributed by atoms with Crippen molar-refractivity contribution in [3.63, 3.8) is 0 Å². The van der Waals surface area contributed by atoms with E-state index in [-0.39, 0.29) is 11.7 Å². The van der Waals surface area contributed by atoms with E-state index >= 15 is 0 Å². The van der Waals surface area contributed by atoms with Gasteiger partial charge in [0, 0.05) is 5.92 Å². The van der Waals surface area contributed by atoms with E-state index in [1.807, 2.05) is 6.92 Å². The van der Waals surface area contributed by atoms with Gasteiger partial charge in [0.15, 0.2) is 5.78 Å². The Kier molecular flexibility index (Phi) is 3.02. The van der Waals surface area contributed by atoms with E-state index in [9.17, 15) is 9.90 Å². The molecule has 1 saturated heterocycles. The van der Waals surface area contributed by atoms with Crippen LogP contribution in [0.15, 0.2) is 0 Å². The maximum Gasteiger partial charge on any atom is 0.169 e. The summed E-state index contributed by atoms with van der Waals surface area (Å²) in [5, 5.41) is 9.86. The molecule has 0 aromatic rings. The van der Waals surface area contributed by atoms with E-state index in [0.717, 1.165) is 0 Å². The monoisotopic (exact) mass is 200 g/mol. The van der Waals surface area contributed by atoms with Gasteiger partial charge in [0.2, 0.25) is 0 Å². The van der Waals surface area contributed by atoms with Crippen LogP contribution in [-0.2, 0) is 9.53 Å². The van der Waals surface area contributed by atoms with Gasteiger partial charge in [0.1, 0.15) is 5.60 Å². The van der Waals surface area contributed by atoms with Crippen molar-refractivity contribution in [1.82, 2.24) is 0 Å². The molecule has 2 unspecified atom stereocenters. The van der Waals surface area contributed by atoms with E-state index in [1.54, 1.807) is 20.8 Å². The molecule has 1 rings (SSSR count). The van der Waals surface area contributed by atoms with Crippen LogP contribution in [0, 0.1) is 5.92 Å². The Morgan fingerprint density at radius 1 is 1.64 bits per heavy atom. The number of hydrogen-bond donors (Lipinski definition) is 1. The first kappa shape index (κ1) is 11.7. The quantitative estimate of drug-likeness (QED) is 0.751. The molecule has 1 heterocycles. The average Bonchev–Trinajstić information content (AvgIpc) is 2.32. The fourth-order valence-electron chi connectivity index (χ4n) is 1.77. The highest BCUT2D eigenvalue weighted by Gasteiger charge is 2.43. The summed E-state index contributed by atoms with van der Waals surface area (Å²) >= 11 is 0. The zero-order chi connectivity index (χ0) is 11.0. The topological polar surface area (TPSA) is 46.5 Å². The van der Waals surface area contributed by atoms with Crippen molar-refractivity contribution in [3.8, 4) is 0 Å². The molecule has 3 heteroatoms. The molecule has 1 aliphatic rings. The lowest BCUT2D eigenvalue weighted by molar-refractivity contribution is -0.131. The lowest BCUT2D eigenvalue weighted by atomic mass is 9.85. The largest absolute Gasteiger partial charge is 0.390 e. The molecule has 0 spiro atoms. The van der Waals surface area contributed by atoms with Crippen LogP contribution in [0.3, 0.4) is 0 Å². The molecule has 0 amide bonds. The lowest BCUT2D eigenvalue weighted by Crippen LogP contribution is -2.34. The van der Waals surface area contributed by atoms with Gasteiger partial charge in [0.25, 0.3) is 0 Å². The molecule has 14 heavy (non-hydrogen) atoms. The highest BCUT2D eigenvalue weighted by Crippen LogP contribution is 2.31. The van der Waals surface area contributed by atoms with Gasteiger partial charge in [-0.15, -0.1) is 0 Å². The number of ketones is 1. The van der Waals surface area contributed by atoms with Gasteiger partial charge in [-0.2, -0.15) is 0 Å². The first-order valence-corrected chi connectivity index (χ1v) is 5.19. The minimum Gasteiger partial charge on any atom is -0.390 e. The number of Topliss-reactive ketones (excluding diaryl/α,β-unsaturated/α-hetero) is 1. The number of ether oxygens (including phenoxy) is 1. The standard InChI is InChI=1S/C11H20O3/c1-5-11(4,13)6-8-7-14-10(2,3)9(8)12/h8,13H,5-7H2,1-4H3. The van der Waals surface area contributed by atoms with Crippen LogP contribution in [0.25, 0.3) is 0 Å². The number of hydrogen-bond acceptors (Lipinski definition) is 3. The van der Waals surface area contributed by atoms with E-state index in [0.29, 0.717) is 19.4 Å². The Hall–Kier alpha value is -0.410. The van der Waals surface area contributed by atoms with Crippen LogP contribution in [0.5, 0.6) is 0 Å². The summed E-state index contributed by atoms with van der Waals surface area (Å²) in [5.74, 6) is -0.0221. The van der Waals surface area contributed by atoms with Crippen LogP contribution in [0.1, 0.15) is 40.5 Å². The summed E-state index contributed by atoms with van der Waals surface area (Å²) in [6, 6.07) is 0. The second kappa shape index (κ2) is 3.63. The third kappa shape index (κ3) is 2.34. The zero-order valence-electron chi connectivity index (χ0n) is 9.46. The van der Waals surface area contributed by atoms with Crippen LogP contribution in [-0.4, -0.2) is 28.7 Å². The maximum atomic E-state index is 11.8. The summed E-state index contributed by atoms with van der Waals surface area (Å²) in [6.45, 7) is 7.71. The normalized spacial score (nSPS) is 30.4. The third-order valence-corrected chi connectivity index (χ3v) is 3.06. The summed E-state index contributed by atoms with van der Waals surface area (Å²) in [5.41, 5.74) is -1.40. The summed E-state index contributed by atoms with van der Waals surface area (Å²) in [6.07, 6.45) is 1.17. The van der Waals surface area contributed by atoms with E-state index in [1.165, 1.54) is 0 Å². The lowest BCUT2D eigenvalue weighted by Gasteiger charge is -2.24. The van der Waals surface area contributed by atoms with Gasteiger partial charge in [-0.25, -0.2) is 0 Å². The van der Waals surface area contributed by atoms with Crippen molar-refractivity contribution in [2.45, 2.75) is 51.7 Å². The molecule has 3 nitrogen and oxygen atoms in total. The van der Waals surface area contributed by atoms with E-state index in [4.69, 9.17) is 4.74 Å². The summed E-state index contributed by atoms with van der Waals surface area (Å²) in [4.78, 5) is 11.8. The fourth-order valence-corrected chi connectivity index (χ4v) is 1.77. The molecule has 0 aliphatic carbocycles. The second-order valence-corrected chi connectivity index (χ2v) is 4.94. The van der Waals surface area contributed by atoms with Gasteiger partial charge in [-0.3, -0.25) is 4.79 Å². The highest BCUT2D eigenvalue weighted by molar-refractivity contribution is 5.90. The number of carbonyl (C=O) groups is 1. The molecule has 1 N–H and O–H groups in total. The minimum atomic E-state index is -0.746. The molecule has 2 atom stereocenters. The SMILES string of the molecule is CCC(C)(O)CC1COC(C)(C)C1=O. The van der Waals surface area contributed by atoms with Gasteiger partial charge >= 0.3 is 0 Å². The number of carbonyl (C=O) groups excluding carboxylic acids is 1. The average molecular weight is 200 g/mol. The molecular formula is C11H20O3. The van der Waals surface area contributed by atoms with Crippen LogP contribution in [0.2, 0.25) is 0 Å². The smallest absolute Gasteiger partial charge is 0.169 e. The zero-order valence-corrected chi connectivity index (χ0v) is 9.46. The Labute approximate surface area is 85.5 Å². The highest BCUT2D eigenvalue weighted by atomic mass is 16.5. The predicted octanol–water partition coefficient (Wildman–Crippen LogP) is 1.53. The summed E-state index contributed by atoms with van der Waals surface area (Å²) < 4.78 is 5.39. The number of rotatable bonds is 3. The van der Waals surface area contributed by atoms with Gasteiger partial charge < -0.3 is 9.84 Å². The van der Waals surface area contributed by atoms with Gasteiger partial charge in [-0.05, 0) is 33.6 Å². The minimum absolute atomic E-state index is 0.117. The third-order valence-electron chi connectivity index (χ3n) is 3.06. The van der Waals surface area contributed by atoms with Crippen molar-refractivity contribution in [1.29, 1.82) is 0 Å². The molecular weight excluding hydrogens is 180 g/mol. The van der Waals surface area contributed by atoms with Crippen LogP contribution >= 0.6 is 0 Å². The Morgan fingerprint density at radius 3 is 2.57 bits per heavy atom. The first-order chi connectivity index (χ1) is 6.28. The van der Waals surface area contributed by atoms with Crippen molar-refractivity contribution in [2.24, 2.45) is 5.92 Å². The van der Waals surface area contributed by atoms with Crippen molar-refractivity contribution >= 4 is 5.78 Å². The molecule has 0 bridgehead atoms. The van der Waals surface area contributed by atoms with Crippen LogP contribution in [0.4, 0.5) is 0 Å². The first-order valence-electron chi connectivity index (χ1n) is 5.19. The molecule has 0 aromatic heterocycles. The molecule has 0 radical (unpaired) electrons. The van der Waals surface area contributed by atoms with Crippen molar-refractivity contribution < 1.29 is 14.6 Å². The fraction of sp³-hybridized carbons (Fsp3) is 0.909. The van der Waals surface area contributed by atoms with Gasteiger partial charge in [0.05, 0.1) is 12.2 Å². The molecule has 0 saturated carbocycles. The molecule has 1 aliphatic heterocycles. The van der Waals surface area contributed by atoms with Crippen molar-refractivity contribution in [3.05, 3.63) is 0 Å². The second-order valence-electron chi connectivity index (χ2n) is 4.94. The van der Waals surface area contributed by atoms with E-state index in [2.05, 4.69) is 0 Å². The van der Waals surface area contributed by atoms with Gasteiger partial charge in [-0.1, -0.05) is 6.92 Å². The predicted molar refractivity (Wildman–Crippen MR) is 54.1 cm³/mol. The number of aliphatic hydroxyl groups is 1. The Balaban J connectivity index is 2.62. The molecule has 0 aromatic carbocycles. The Morgan fingerprint density at radius 2 is 2.21 bits per heavy atom. The van der Waals surface area contributed by atoms with E-state index < -0.39 is 11.2 Å². The Bertz CT molecular complexity index is 231. The van der Waals surface area contributed by atoms with Crippen molar-refractivity contribution in [2.75, 3.05) is 6.61 Å².